The fraction of sp³-hybridized carbons (Fsp3) is 0.0370. The van der Waals surface area contributed by atoms with Gasteiger partial charge in [0.2, 0.25) is 0 Å². The lowest BCUT2D eigenvalue weighted by molar-refractivity contribution is 0.0880. The van der Waals surface area contributed by atoms with Crippen LogP contribution in [-0.2, 0) is 0 Å². The van der Waals surface area contributed by atoms with Crippen molar-refractivity contribution in [3.63, 3.8) is 0 Å². The Hall–Kier alpha value is -4.38. The molecular weight excluding hydrogens is 400 g/mol. The lowest BCUT2D eigenvalue weighted by atomic mass is 9.88. The Morgan fingerprint density at radius 2 is 1.41 bits per heavy atom. The van der Waals surface area contributed by atoms with E-state index in [2.05, 4.69) is 10.3 Å². The van der Waals surface area contributed by atoms with E-state index in [9.17, 15) is 9.59 Å². The van der Waals surface area contributed by atoms with Gasteiger partial charge in [-0.25, -0.2) is 0 Å². The van der Waals surface area contributed by atoms with E-state index in [1.165, 1.54) is 0 Å². The fourth-order valence-corrected chi connectivity index (χ4v) is 4.66. The van der Waals surface area contributed by atoms with Crippen molar-refractivity contribution in [1.82, 2.24) is 10.3 Å². The van der Waals surface area contributed by atoms with Crippen LogP contribution in [0.2, 0.25) is 0 Å². The van der Waals surface area contributed by atoms with Gasteiger partial charge in [0.15, 0.2) is 0 Å². The van der Waals surface area contributed by atoms with Crippen LogP contribution in [-0.4, -0.2) is 23.9 Å². The summed E-state index contributed by atoms with van der Waals surface area (Å²) in [5.74, 6) is -0.0600. The third-order valence-corrected chi connectivity index (χ3v) is 6.08. The van der Waals surface area contributed by atoms with Gasteiger partial charge in [0, 0.05) is 21.8 Å². The van der Waals surface area contributed by atoms with Crippen molar-refractivity contribution in [2.24, 2.45) is 0 Å². The van der Waals surface area contributed by atoms with Gasteiger partial charge in [-0.05, 0) is 46.5 Å². The van der Waals surface area contributed by atoms with Gasteiger partial charge >= 0.3 is 0 Å². The second-order valence-electron chi connectivity index (χ2n) is 7.83. The van der Waals surface area contributed by atoms with Gasteiger partial charge in [-0.1, -0.05) is 54.6 Å². The summed E-state index contributed by atoms with van der Waals surface area (Å²) in [5, 5.41) is 4.09. The molecule has 0 aliphatic carbocycles. The van der Waals surface area contributed by atoms with Gasteiger partial charge in [0.1, 0.15) is 5.75 Å². The summed E-state index contributed by atoms with van der Waals surface area (Å²) in [7, 11) is 1.61. The van der Waals surface area contributed by atoms with Crippen LogP contribution in [0.5, 0.6) is 5.75 Å². The van der Waals surface area contributed by atoms with E-state index in [1.807, 2.05) is 78.9 Å². The number of amides is 2. The Kier molecular flexibility index (Phi) is 3.92. The van der Waals surface area contributed by atoms with Crippen molar-refractivity contribution in [1.29, 1.82) is 0 Å². The number of carbonyl (C=O) groups excluding carboxylic acids is 2. The van der Waals surface area contributed by atoms with Crippen LogP contribution in [0.3, 0.4) is 0 Å². The van der Waals surface area contributed by atoms with Crippen molar-refractivity contribution in [3.05, 3.63) is 90.0 Å². The summed E-state index contributed by atoms with van der Waals surface area (Å²) < 4.78 is 5.38. The molecule has 0 bridgehead atoms. The highest BCUT2D eigenvalue weighted by Gasteiger charge is 2.34. The number of hydrogen-bond acceptors (Lipinski definition) is 3. The molecule has 0 fully saturated rings. The standard InChI is InChI=1S/C27H18N2O3/c1-32-16-11-12-21-20(13-16)23-22(28-21)14-19(24-25(23)27(31)29-26(24)30)18-10-6-5-9-17(18)15-7-3-2-4-8-15/h2-14,28H,1H3,(H,29,30,31). The summed E-state index contributed by atoms with van der Waals surface area (Å²) in [5.41, 5.74) is 6.17. The molecule has 0 atom stereocenters. The summed E-state index contributed by atoms with van der Waals surface area (Å²) in [6, 6.07) is 25.6. The number of aromatic amines is 1. The van der Waals surface area contributed by atoms with Crippen molar-refractivity contribution < 1.29 is 14.3 Å². The third kappa shape index (κ3) is 2.58. The van der Waals surface area contributed by atoms with Crippen LogP contribution in [0.1, 0.15) is 20.7 Å². The molecule has 1 aliphatic heterocycles. The lowest BCUT2D eigenvalue weighted by Crippen LogP contribution is -2.20. The number of H-pyrrole nitrogens is 1. The lowest BCUT2D eigenvalue weighted by Gasteiger charge is -2.13. The number of aromatic nitrogens is 1. The van der Waals surface area contributed by atoms with Gasteiger partial charge in [-0.2, -0.15) is 0 Å². The van der Waals surface area contributed by atoms with Gasteiger partial charge < -0.3 is 9.72 Å². The highest BCUT2D eigenvalue weighted by molar-refractivity contribution is 6.32. The molecule has 0 saturated heterocycles. The summed E-state index contributed by atoms with van der Waals surface area (Å²) in [4.78, 5) is 29.3. The zero-order chi connectivity index (χ0) is 21.8. The molecule has 5 nitrogen and oxygen atoms in total. The molecule has 2 amide bonds. The number of methoxy groups -OCH3 is 1. The van der Waals surface area contributed by atoms with Gasteiger partial charge in [-0.3, -0.25) is 14.9 Å². The van der Waals surface area contributed by atoms with Crippen molar-refractivity contribution >= 4 is 33.6 Å². The molecule has 1 aliphatic rings. The Morgan fingerprint density at radius 1 is 0.688 bits per heavy atom. The molecule has 32 heavy (non-hydrogen) atoms. The predicted octanol–water partition coefficient (Wildman–Crippen LogP) is 5.55. The second-order valence-corrected chi connectivity index (χ2v) is 7.83. The summed E-state index contributed by atoms with van der Waals surface area (Å²) in [6.45, 7) is 0. The van der Waals surface area contributed by atoms with Crippen LogP contribution in [0, 0.1) is 0 Å². The minimum absolute atomic E-state index is 0.373. The number of imide groups is 1. The quantitative estimate of drug-likeness (QED) is 0.378. The van der Waals surface area contributed by atoms with Gasteiger partial charge in [0.25, 0.3) is 11.8 Å². The van der Waals surface area contributed by atoms with E-state index in [0.717, 1.165) is 44.1 Å². The maximum absolute atomic E-state index is 13.0. The Balaban J connectivity index is 1.73. The van der Waals surface area contributed by atoms with Gasteiger partial charge in [0.05, 0.1) is 18.2 Å². The third-order valence-electron chi connectivity index (χ3n) is 6.08. The molecule has 4 aromatic carbocycles. The van der Waals surface area contributed by atoms with E-state index in [-0.39, 0.29) is 11.8 Å². The van der Waals surface area contributed by atoms with Crippen LogP contribution in [0.4, 0.5) is 0 Å². The van der Waals surface area contributed by atoms with E-state index in [0.29, 0.717) is 16.9 Å². The van der Waals surface area contributed by atoms with E-state index in [1.54, 1.807) is 7.11 Å². The van der Waals surface area contributed by atoms with Crippen LogP contribution < -0.4 is 10.1 Å². The Morgan fingerprint density at radius 3 is 2.19 bits per heavy atom. The number of ether oxygens (including phenoxy) is 1. The van der Waals surface area contributed by atoms with Crippen LogP contribution in [0.25, 0.3) is 44.1 Å². The molecular formula is C27H18N2O3. The molecule has 154 valence electrons. The van der Waals surface area contributed by atoms with E-state index >= 15 is 0 Å². The van der Waals surface area contributed by atoms with Crippen molar-refractivity contribution in [2.45, 2.75) is 0 Å². The number of hydrogen-bond donors (Lipinski definition) is 2. The minimum atomic E-state index is -0.377. The first kappa shape index (κ1) is 18.4. The van der Waals surface area contributed by atoms with Crippen molar-refractivity contribution in [2.75, 3.05) is 7.11 Å². The molecule has 5 heteroatoms. The van der Waals surface area contributed by atoms with Crippen LogP contribution >= 0.6 is 0 Å². The highest BCUT2D eigenvalue weighted by atomic mass is 16.5. The van der Waals surface area contributed by atoms with E-state index in [4.69, 9.17) is 4.74 Å². The molecule has 0 spiro atoms. The zero-order valence-corrected chi connectivity index (χ0v) is 17.2. The topological polar surface area (TPSA) is 71.2 Å². The first-order valence-corrected chi connectivity index (χ1v) is 10.3. The normalized spacial score (nSPS) is 12.9. The maximum Gasteiger partial charge on any atom is 0.259 e. The Labute approximate surface area is 183 Å². The number of nitrogens with one attached hydrogen (secondary N) is 2. The number of carbonyl (C=O) groups is 2. The summed E-state index contributed by atoms with van der Waals surface area (Å²) >= 11 is 0. The first-order chi connectivity index (χ1) is 15.7. The SMILES string of the molecule is COc1ccc2[nH]c3cc(-c4ccccc4-c4ccccc4)c4c(c3c2c1)C(=O)NC4=O. The van der Waals surface area contributed by atoms with Gasteiger partial charge in [-0.15, -0.1) is 0 Å². The molecule has 2 N–H and O–H groups in total. The monoisotopic (exact) mass is 418 g/mol. The molecule has 6 rings (SSSR count). The largest absolute Gasteiger partial charge is 0.497 e. The fourth-order valence-electron chi connectivity index (χ4n) is 4.66. The van der Waals surface area contributed by atoms with E-state index < -0.39 is 0 Å². The predicted molar refractivity (Wildman–Crippen MR) is 125 cm³/mol. The minimum Gasteiger partial charge on any atom is -0.497 e. The number of benzene rings is 4. The number of fused-ring (bicyclic) bond motifs is 5. The second kappa shape index (κ2) is 6.82. The smallest absolute Gasteiger partial charge is 0.259 e. The highest BCUT2D eigenvalue weighted by Crippen LogP contribution is 2.42. The molecule has 0 saturated carbocycles. The summed E-state index contributed by atoms with van der Waals surface area (Å²) in [6.07, 6.45) is 0. The molecule has 0 unspecified atom stereocenters. The molecule has 2 heterocycles. The van der Waals surface area contributed by atoms with Crippen LogP contribution in [0.15, 0.2) is 78.9 Å². The van der Waals surface area contributed by atoms with Crippen molar-refractivity contribution in [3.8, 4) is 28.0 Å². The molecule has 5 aromatic rings. The average molecular weight is 418 g/mol. The first-order valence-electron chi connectivity index (χ1n) is 10.3. The maximum atomic E-state index is 13.0. The Bertz CT molecular complexity index is 1570. The molecule has 1 aromatic heterocycles. The number of rotatable bonds is 3. The average Bonchev–Trinajstić information content (AvgIpc) is 3.34. The zero-order valence-electron chi connectivity index (χ0n) is 17.2. The molecule has 0 radical (unpaired) electrons.